The number of rotatable bonds is 8. The quantitative estimate of drug-likeness (QED) is 0.494. The van der Waals surface area contributed by atoms with Gasteiger partial charge in [0.2, 0.25) is 5.91 Å². The minimum Gasteiger partial charge on any atom is -0.481 e. The minimum atomic E-state index is -0.837. The summed E-state index contributed by atoms with van der Waals surface area (Å²) in [5.74, 6) is -0.887. The van der Waals surface area contributed by atoms with Crippen LogP contribution in [0.2, 0.25) is 0 Å². The molecule has 1 aliphatic rings. The molecule has 7 heteroatoms. The molecule has 0 aromatic rings. The maximum atomic E-state index is 11.7. The van der Waals surface area contributed by atoms with Crippen LogP contribution in [0.4, 0.5) is 0 Å². The number of aliphatic hydroxyl groups excluding tert-OH is 1. The summed E-state index contributed by atoms with van der Waals surface area (Å²) in [5, 5.41) is 20.2. The number of hydrogen-bond donors (Lipinski definition) is 3. The number of carbonyl (C=O) groups is 2. The van der Waals surface area contributed by atoms with E-state index in [0.717, 1.165) is 32.6 Å². The van der Waals surface area contributed by atoms with Crippen LogP contribution in [0.5, 0.6) is 0 Å². The molecule has 1 rings (SSSR count). The number of nitrogens with zero attached hydrogens (tertiary/aromatic N) is 2. The van der Waals surface area contributed by atoms with Gasteiger partial charge in [-0.3, -0.25) is 19.4 Å². The van der Waals surface area contributed by atoms with Crippen molar-refractivity contribution in [3.8, 4) is 0 Å². The lowest BCUT2D eigenvalue weighted by atomic mass is 10.3. The van der Waals surface area contributed by atoms with E-state index in [4.69, 9.17) is 10.2 Å². The van der Waals surface area contributed by atoms with E-state index in [1.54, 1.807) is 0 Å². The van der Waals surface area contributed by atoms with Gasteiger partial charge in [-0.2, -0.15) is 0 Å². The number of aliphatic carboxylic acids is 1. The molecule has 0 spiro atoms. The molecule has 3 N–H and O–H groups in total. The summed E-state index contributed by atoms with van der Waals surface area (Å²) in [6, 6.07) is 0. The van der Waals surface area contributed by atoms with Crippen molar-refractivity contribution in [1.82, 2.24) is 15.1 Å². The highest BCUT2D eigenvalue weighted by Gasteiger charge is 2.16. The molecule has 116 valence electrons. The molecule has 0 aromatic heterocycles. The maximum Gasteiger partial charge on any atom is 0.303 e. The summed E-state index contributed by atoms with van der Waals surface area (Å²) in [6.45, 7) is 5.16. The summed E-state index contributed by atoms with van der Waals surface area (Å²) in [4.78, 5) is 26.4. The van der Waals surface area contributed by atoms with Crippen LogP contribution in [0.3, 0.4) is 0 Å². The highest BCUT2D eigenvalue weighted by Crippen LogP contribution is 2.02. The van der Waals surface area contributed by atoms with Gasteiger partial charge in [0.1, 0.15) is 0 Å². The molecule has 0 saturated carbocycles. The molecular weight excluding hydrogens is 262 g/mol. The first-order valence-electron chi connectivity index (χ1n) is 7.16. The first-order chi connectivity index (χ1) is 9.61. The van der Waals surface area contributed by atoms with Gasteiger partial charge in [0.05, 0.1) is 13.2 Å². The van der Waals surface area contributed by atoms with Crippen LogP contribution in [0.25, 0.3) is 0 Å². The molecule has 0 radical (unpaired) electrons. The lowest BCUT2D eigenvalue weighted by molar-refractivity contribution is -0.137. The predicted molar refractivity (Wildman–Crippen MR) is 74.5 cm³/mol. The van der Waals surface area contributed by atoms with Crippen molar-refractivity contribution in [3.63, 3.8) is 0 Å². The molecule has 0 aliphatic carbocycles. The van der Waals surface area contributed by atoms with E-state index in [2.05, 4.69) is 15.1 Å². The molecule has 7 nitrogen and oxygen atoms in total. The number of β-amino-alcohol motifs (C(OH)–C–C–N with tert-alkyl or cyclic N) is 1. The van der Waals surface area contributed by atoms with E-state index < -0.39 is 5.97 Å². The van der Waals surface area contributed by atoms with E-state index in [1.807, 2.05) is 0 Å². The fraction of sp³-hybridized carbons (Fsp3) is 0.846. The van der Waals surface area contributed by atoms with Crippen molar-refractivity contribution < 1.29 is 19.8 Å². The number of amides is 1. The number of carboxylic acids is 1. The second-order valence-electron chi connectivity index (χ2n) is 5.04. The first kappa shape index (κ1) is 16.9. The molecule has 0 unspecified atom stereocenters. The second-order valence-corrected chi connectivity index (χ2v) is 5.04. The van der Waals surface area contributed by atoms with Crippen LogP contribution < -0.4 is 5.32 Å². The Labute approximate surface area is 119 Å². The second kappa shape index (κ2) is 9.68. The molecule has 0 aromatic carbocycles. The average molecular weight is 287 g/mol. The Hall–Kier alpha value is -1.18. The van der Waals surface area contributed by atoms with Crippen molar-refractivity contribution >= 4 is 11.9 Å². The SMILES string of the molecule is O=C(O)CCCNC(=O)CN1CCCN(CCO)CC1. The molecule has 1 fully saturated rings. The predicted octanol–water partition coefficient (Wildman–Crippen LogP) is -1.03. The fourth-order valence-electron chi connectivity index (χ4n) is 2.27. The fourth-order valence-corrected chi connectivity index (χ4v) is 2.27. The van der Waals surface area contributed by atoms with Gasteiger partial charge in [0, 0.05) is 32.6 Å². The highest BCUT2D eigenvalue weighted by molar-refractivity contribution is 5.78. The van der Waals surface area contributed by atoms with Crippen molar-refractivity contribution in [2.45, 2.75) is 19.3 Å². The van der Waals surface area contributed by atoms with Gasteiger partial charge < -0.3 is 15.5 Å². The van der Waals surface area contributed by atoms with E-state index in [0.29, 0.717) is 26.1 Å². The van der Waals surface area contributed by atoms with Crippen LogP contribution in [0.15, 0.2) is 0 Å². The lowest BCUT2D eigenvalue weighted by Crippen LogP contribution is -2.39. The number of nitrogens with one attached hydrogen (secondary N) is 1. The van der Waals surface area contributed by atoms with E-state index in [9.17, 15) is 9.59 Å². The van der Waals surface area contributed by atoms with Crippen molar-refractivity contribution in [3.05, 3.63) is 0 Å². The largest absolute Gasteiger partial charge is 0.481 e. The third-order valence-corrected chi connectivity index (χ3v) is 3.35. The van der Waals surface area contributed by atoms with Crippen LogP contribution in [-0.2, 0) is 9.59 Å². The minimum absolute atomic E-state index is 0.0500. The van der Waals surface area contributed by atoms with Gasteiger partial charge in [0.15, 0.2) is 0 Å². The van der Waals surface area contributed by atoms with Gasteiger partial charge in [0.25, 0.3) is 0 Å². The van der Waals surface area contributed by atoms with Crippen LogP contribution in [-0.4, -0.2) is 84.3 Å². The average Bonchev–Trinajstić information content (AvgIpc) is 2.61. The van der Waals surface area contributed by atoms with E-state index >= 15 is 0 Å². The summed E-state index contributed by atoms with van der Waals surface area (Å²) in [7, 11) is 0. The van der Waals surface area contributed by atoms with E-state index in [1.165, 1.54) is 0 Å². The van der Waals surface area contributed by atoms with Gasteiger partial charge in [-0.1, -0.05) is 0 Å². The lowest BCUT2D eigenvalue weighted by Gasteiger charge is -2.20. The van der Waals surface area contributed by atoms with Crippen molar-refractivity contribution in [2.24, 2.45) is 0 Å². The molecule has 1 heterocycles. The molecule has 1 saturated heterocycles. The molecular formula is C13H25N3O4. The molecule has 1 aliphatic heterocycles. The monoisotopic (exact) mass is 287 g/mol. The Bertz CT molecular complexity index is 312. The smallest absolute Gasteiger partial charge is 0.303 e. The summed E-state index contributed by atoms with van der Waals surface area (Å²) < 4.78 is 0. The van der Waals surface area contributed by atoms with Gasteiger partial charge in [-0.25, -0.2) is 0 Å². The van der Waals surface area contributed by atoms with E-state index in [-0.39, 0.29) is 18.9 Å². The summed E-state index contributed by atoms with van der Waals surface area (Å²) >= 11 is 0. The zero-order chi connectivity index (χ0) is 14.8. The number of hydrogen-bond acceptors (Lipinski definition) is 5. The third-order valence-electron chi connectivity index (χ3n) is 3.35. The summed E-state index contributed by atoms with van der Waals surface area (Å²) in [5.41, 5.74) is 0. The molecule has 1 amide bonds. The third kappa shape index (κ3) is 7.42. The van der Waals surface area contributed by atoms with Gasteiger partial charge >= 0.3 is 5.97 Å². The standard InChI is InChI=1S/C13H25N3O4/c17-10-9-15-5-2-6-16(8-7-15)11-12(18)14-4-1-3-13(19)20/h17H,1-11H2,(H,14,18)(H,19,20). The number of carbonyl (C=O) groups excluding carboxylic acids is 1. The van der Waals surface area contributed by atoms with Gasteiger partial charge in [-0.05, 0) is 25.9 Å². The zero-order valence-electron chi connectivity index (χ0n) is 11.9. The maximum absolute atomic E-state index is 11.7. The number of aliphatic hydroxyl groups is 1. The highest BCUT2D eigenvalue weighted by atomic mass is 16.4. The Morgan fingerprint density at radius 3 is 2.50 bits per heavy atom. The first-order valence-corrected chi connectivity index (χ1v) is 7.16. The van der Waals surface area contributed by atoms with Crippen LogP contribution in [0.1, 0.15) is 19.3 Å². The topological polar surface area (TPSA) is 93.1 Å². The van der Waals surface area contributed by atoms with Crippen molar-refractivity contribution in [2.75, 3.05) is 52.4 Å². The Kier molecular flexibility index (Phi) is 8.17. The molecule has 20 heavy (non-hydrogen) atoms. The molecule has 0 atom stereocenters. The zero-order valence-corrected chi connectivity index (χ0v) is 11.9. The van der Waals surface area contributed by atoms with Crippen LogP contribution in [0, 0.1) is 0 Å². The van der Waals surface area contributed by atoms with Crippen molar-refractivity contribution in [1.29, 1.82) is 0 Å². The Morgan fingerprint density at radius 2 is 1.80 bits per heavy atom. The Balaban J connectivity index is 2.16. The summed E-state index contributed by atoms with van der Waals surface area (Å²) in [6.07, 6.45) is 1.54. The number of carboxylic acid groups (broad SMARTS) is 1. The molecule has 0 bridgehead atoms. The van der Waals surface area contributed by atoms with Gasteiger partial charge in [-0.15, -0.1) is 0 Å². The normalized spacial score (nSPS) is 17.6. The Morgan fingerprint density at radius 1 is 1.10 bits per heavy atom. The van der Waals surface area contributed by atoms with Crippen LogP contribution >= 0.6 is 0 Å².